The fourth-order valence-electron chi connectivity index (χ4n) is 2.59. The molecule has 0 radical (unpaired) electrons. The number of aliphatic hydroxyl groups is 1. The van der Waals surface area contributed by atoms with Gasteiger partial charge in [-0.1, -0.05) is 26.2 Å². The minimum Gasteiger partial charge on any atom is -0.392 e. The lowest BCUT2D eigenvalue weighted by atomic mass is 9.71. The number of hydrogen-bond acceptors (Lipinski definition) is 2. The number of hydrogen-bond donors (Lipinski definition) is 1. The van der Waals surface area contributed by atoms with Gasteiger partial charge in [0.05, 0.1) is 6.10 Å². The van der Waals surface area contributed by atoms with Crippen LogP contribution in [0, 0.1) is 5.41 Å². The molecule has 0 aliphatic heterocycles. The lowest BCUT2D eigenvalue weighted by Gasteiger charge is -2.38. The topological polar surface area (TPSA) is 20.2 Å². The highest BCUT2D eigenvalue weighted by molar-refractivity contribution is 9.10. The zero-order valence-corrected chi connectivity index (χ0v) is 12.1. The Balaban J connectivity index is 2.01. The normalized spacial score (nSPS) is 21.9. The molecule has 1 heterocycles. The summed E-state index contributed by atoms with van der Waals surface area (Å²) < 4.78 is 1.15. The molecule has 3 heteroatoms. The van der Waals surface area contributed by atoms with Crippen molar-refractivity contribution in [3.63, 3.8) is 0 Å². The third-order valence-corrected chi connectivity index (χ3v) is 5.82. The van der Waals surface area contributed by atoms with Crippen LogP contribution in [0.25, 0.3) is 0 Å². The van der Waals surface area contributed by atoms with E-state index in [4.69, 9.17) is 0 Å². The van der Waals surface area contributed by atoms with Gasteiger partial charge >= 0.3 is 0 Å². The molecule has 1 N–H and O–H groups in total. The van der Waals surface area contributed by atoms with Crippen molar-refractivity contribution < 1.29 is 5.11 Å². The highest BCUT2D eigenvalue weighted by Gasteiger charge is 2.34. The van der Waals surface area contributed by atoms with Gasteiger partial charge in [-0.3, -0.25) is 0 Å². The van der Waals surface area contributed by atoms with Crippen LogP contribution < -0.4 is 0 Å². The molecule has 16 heavy (non-hydrogen) atoms. The molecule has 0 aromatic carbocycles. The first-order valence-corrected chi connectivity index (χ1v) is 7.69. The molecule has 1 aliphatic rings. The Hall–Kier alpha value is 0.140. The zero-order chi connectivity index (χ0) is 11.6. The summed E-state index contributed by atoms with van der Waals surface area (Å²) in [5.41, 5.74) is 0.141. The number of rotatable bonds is 3. The van der Waals surface area contributed by atoms with Crippen LogP contribution in [0.15, 0.2) is 15.9 Å². The Morgan fingerprint density at radius 3 is 2.69 bits per heavy atom. The van der Waals surface area contributed by atoms with E-state index in [1.165, 1.54) is 37.0 Å². The van der Waals surface area contributed by atoms with Crippen molar-refractivity contribution in [1.29, 1.82) is 0 Å². The van der Waals surface area contributed by atoms with E-state index >= 15 is 0 Å². The molecule has 1 aromatic heterocycles. The van der Waals surface area contributed by atoms with Gasteiger partial charge in [-0.15, -0.1) is 11.3 Å². The van der Waals surface area contributed by atoms with Gasteiger partial charge in [0.25, 0.3) is 0 Å². The van der Waals surface area contributed by atoms with E-state index in [0.29, 0.717) is 0 Å². The largest absolute Gasteiger partial charge is 0.392 e. The molecule has 0 amide bonds. The first-order valence-electron chi connectivity index (χ1n) is 6.02. The van der Waals surface area contributed by atoms with Crippen molar-refractivity contribution in [3.05, 3.63) is 20.8 Å². The van der Waals surface area contributed by atoms with E-state index in [1.807, 2.05) is 0 Å². The smallest absolute Gasteiger partial charge is 0.0642 e. The maximum absolute atomic E-state index is 10.4. The van der Waals surface area contributed by atoms with E-state index < -0.39 is 0 Å². The van der Waals surface area contributed by atoms with Crippen LogP contribution in [0.2, 0.25) is 0 Å². The van der Waals surface area contributed by atoms with E-state index in [-0.39, 0.29) is 11.5 Å². The molecule has 0 bridgehead atoms. The third-order valence-electron chi connectivity index (χ3n) is 3.87. The van der Waals surface area contributed by atoms with Gasteiger partial charge in [0, 0.05) is 15.8 Å². The summed E-state index contributed by atoms with van der Waals surface area (Å²) in [7, 11) is 0. The molecule has 1 saturated carbocycles. The summed E-state index contributed by atoms with van der Waals surface area (Å²) >= 11 is 5.27. The molecule has 1 unspecified atom stereocenters. The monoisotopic (exact) mass is 302 g/mol. The standard InChI is InChI=1S/C13H19BrOS/c1-13(6-3-2-4-7-13)12(15)9-11-10(14)5-8-16-11/h5,8,12,15H,2-4,6-7,9H2,1H3. The molecule has 1 aromatic rings. The van der Waals surface area contributed by atoms with Crippen molar-refractivity contribution >= 4 is 27.3 Å². The second-order valence-electron chi connectivity index (χ2n) is 5.13. The zero-order valence-electron chi connectivity index (χ0n) is 9.71. The van der Waals surface area contributed by atoms with E-state index in [9.17, 15) is 5.11 Å². The molecule has 0 saturated heterocycles. The van der Waals surface area contributed by atoms with Gasteiger partial charge in [0.2, 0.25) is 0 Å². The minimum atomic E-state index is -0.192. The SMILES string of the molecule is CC1(C(O)Cc2sccc2Br)CCCCC1. The lowest BCUT2D eigenvalue weighted by Crippen LogP contribution is -2.35. The van der Waals surface area contributed by atoms with E-state index in [0.717, 1.165) is 10.9 Å². The predicted octanol–water partition coefficient (Wildman–Crippen LogP) is 4.38. The number of halogens is 1. The van der Waals surface area contributed by atoms with Crippen LogP contribution >= 0.6 is 27.3 Å². The van der Waals surface area contributed by atoms with Crippen LogP contribution in [-0.2, 0) is 6.42 Å². The van der Waals surface area contributed by atoms with Gasteiger partial charge in [0.15, 0.2) is 0 Å². The molecule has 90 valence electrons. The Labute approximate surface area is 110 Å². The molecule has 0 spiro atoms. The summed E-state index contributed by atoms with van der Waals surface area (Å²) in [6.45, 7) is 2.25. The predicted molar refractivity (Wildman–Crippen MR) is 72.9 cm³/mol. The quantitative estimate of drug-likeness (QED) is 0.878. The van der Waals surface area contributed by atoms with Gasteiger partial charge in [0.1, 0.15) is 0 Å². The van der Waals surface area contributed by atoms with Crippen molar-refractivity contribution in [2.75, 3.05) is 0 Å². The summed E-state index contributed by atoms with van der Waals surface area (Å²) in [5, 5.41) is 12.5. The first kappa shape index (κ1) is 12.6. The van der Waals surface area contributed by atoms with Crippen LogP contribution in [0.5, 0.6) is 0 Å². The molecule has 1 aliphatic carbocycles. The summed E-state index contributed by atoms with van der Waals surface area (Å²) in [6, 6.07) is 2.07. The van der Waals surface area contributed by atoms with Crippen molar-refractivity contribution in [1.82, 2.24) is 0 Å². The average molecular weight is 303 g/mol. The molecule has 1 nitrogen and oxygen atoms in total. The van der Waals surface area contributed by atoms with Crippen molar-refractivity contribution in [2.24, 2.45) is 5.41 Å². The van der Waals surface area contributed by atoms with Crippen molar-refractivity contribution in [2.45, 2.75) is 51.6 Å². The van der Waals surface area contributed by atoms with Gasteiger partial charge in [-0.05, 0) is 45.6 Å². The van der Waals surface area contributed by atoms with Gasteiger partial charge < -0.3 is 5.11 Å². The molecular formula is C13H19BrOS. The first-order chi connectivity index (χ1) is 7.62. The highest BCUT2D eigenvalue weighted by Crippen LogP contribution is 2.40. The summed E-state index contributed by atoms with van der Waals surface area (Å²) in [5.74, 6) is 0. The Bertz CT molecular complexity index is 341. The van der Waals surface area contributed by atoms with Crippen LogP contribution in [0.3, 0.4) is 0 Å². The van der Waals surface area contributed by atoms with Crippen LogP contribution in [0.4, 0.5) is 0 Å². The Morgan fingerprint density at radius 1 is 1.44 bits per heavy atom. The maximum atomic E-state index is 10.4. The van der Waals surface area contributed by atoms with Gasteiger partial charge in [-0.25, -0.2) is 0 Å². The number of thiophene rings is 1. The average Bonchev–Trinajstić information content (AvgIpc) is 2.65. The highest BCUT2D eigenvalue weighted by atomic mass is 79.9. The molecule has 1 fully saturated rings. The Kier molecular flexibility index (Phi) is 4.09. The fraction of sp³-hybridized carbons (Fsp3) is 0.692. The molecule has 2 rings (SSSR count). The van der Waals surface area contributed by atoms with Crippen LogP contribution in [0.1, 0.15) is 43.9 Å². The third kappa shape index (κ3) is 2.69. The second kappa shape index (κ2) is 5.19. The van der Waals surface area contributed by atoms with E-state index in [2.05, 4.69) is 34.3 Å². The number of aliphatic hydroxyl groups excluding tert-OH is 1. The maximum Gasteiger partial charge on any atom is 0.0642 e. The summed E-state index contributed by atoms with van der Waals surface area (Å²) in [6.07, 6.45) is 6.86. The van der Waals surface area contributed by atoms with E-state index in [1.54, 1.807) is 11.3 Å². The second-order valence-corrected chi connectivity index (χ2v) is 6.98. The summed E-state index contributed by atoms with van der Waals surface area (Å²) in [4.78, 5) is 1.28. The lowest BCUT2D eigenvalue weighted by molar-refractivity contribution is 0.0108. The fourth-order valence-corrected chi connectivity index (χ4v) is 4.14. The van der Waals surface area contributed by atoms with Crippen molar-refractivity contribution in [3.8, 4) is 0 Å². The Morgan fingerprint density at radius 2 is 2.12 bits per heavy atom. The molecular weight excluding hydrogens is 284 g/mol. The minimum absolute atomic E-state index is 0.141. The van der Waals surface area contributed by atoms with Gasteiger partial charge in [-0.2, -0.15) is 0 Å². The molecule has 1 atom stereocenters. The van der Waals surface area contributed by atoms with Crippen LogP contribution in [-0.4, -0.2) is 11.2 Å².